The van der Waals surface area contributed by atoms with Crippen LogP contribution >= 0.6 is 0 Å². The quantitative estimate of drug-likeness (QED) is 0.387. The molecule has 4 aromatic rings. The van der Waals surface area contributed by atoms with Gasteiger partial charge in [-0.05, 0) is 40.3 Å². The third kappa shape index (κ3) is 4.55. The van der Waals surface area contributed by atoms with Gasteiger partial charge in [-0.15, -0.1) is 0 Å². The zero-order valence-electron chi connectivity index (χ0n) is 19.7. The molecule has 0 saturated heterocycles. The molecule has 0 spiro atoms. The second-order valence-electron chi connectivity index (χ2n) is 8.78. The molecular weight excluding hydrogens is 454 g/mol. The van der Waals surface area contributed by atoms with E-state index in [4.69, 9.17) is 4.74 Å². The van der Waals surface area contributed by atoms with E-state index in [1.165, 1.54) is 6.33 Å². The number of aryl methyl sites for hydroxylation is 1. The Morgan fingerprint density at radius 2 is 1.56 bits per heavy atom. The molecule has 0 saturated carbocycles. The summed E-state index contributed by atoms with van der Waals surface area (Å²) in [6.07, 6.45) is 2.26. The number of hydrogen-bond donors (Lipinski definition) is 2. The maximum atomic E-state index is 12.7. The molecule has 7 nitrogen and oxygen atoms in total. The maximum Gasteiger partial charge on any atom is 0.407 e. The lowest BCUT2D eigenvalue weighted by Gasteiger charge is -2.18. The number of aromatic nitrogens is 2. The van der Waals surface area contributed by atoms with E-state index in [9.17, 15) is 14.7 Å². The van der Waals surface area contributed by atoms with Gasteiger partial charge < -0.3 is 15.2 Å². The average molecular weight is 480 g/mol. The Morgan fingerprint density at radius 1 is 0.944 bits per heavy atom. The largest absolute Gasteiger partial charge is 0.480 e. The number of nitrogens with one attached hydrogen (secondary N) is 1. The van der Waals surface area contributed by atoms with Crippen LogP contribution in [0.1, 0.15) is 28.2 Å². The average Bonchev–Trinajstić information content (AvgIpc) is 3.21. The number of hydrogen-bond acceptors (Lipinski definition) is 5. The molecule has 1 heterocycles. The van der Waals surface area contributed by atoms with Crippen molar-refractivity contribution in [1.29, 1.82) is 0 Å². The van der Waals surface area contributed by atoms with Crippen molar-refractivity contribution < 1.29 is 19.4 Å². The van der Waals surface area contributed by atoms with E-state index in [-0.39, 0.29) is 18.9 Å². The van der Waals surface area contributed by atoms with Crippen LogP contribution in [-0.4, -0.2) is 39.8 Å². The number of nitrogens with zero attached hydrogens (tertiary/aromatic N) is 2. The highest BCUT2D eigenvalue weighted by molar-refractivity contribution is 5.81. The summed E-state index contributed by atoms with van der Waals surface area (Å²) < 4.78 is 5.55. The fourth-order valence-electron chi connectivity index (χ4n) is 4.79. The van der Waals surface area contributed by atoms with Crippen molar-refractivity contribution in [3.8, 4) is 22.4 Å². The second-order valence-corrected chi connectivity index (χ2v) is 8.78. The van der Waals surface area contributed by atoms with Gasteiger partial charge in [0, 0.05) is 24.1 Å². The summed E-state index contributed by atoms with van der Waals surface area (Å²) in [4.78, 5) is 33.2. The summed E-state index contributed by atoms with van der Waals surface area (Å²) >= 11 is 0. The normalized spacial score (nSPS) is 12.9. The predicted molar refractivity (Wildman–Crippen MR) is 136 cm³/mol. The first-order valence-corrected chi connectivity index (χ1v) is 11.7. The van der Waals surface area contributed by atoms with Gasteiger partial charge in [0.15, 0.2) is 0 Å². The van der Waals surface area contributed by atoms with Gasteiger partial charge in [0.25, 0.3) is 0 Å². The fraction of sp³-hybridized carbons (Fsp3) is 0.172. The van der Waals surface area contributed by atoms with E-state index < -0.39 is 18.1 Å². The highest BCUT2D eigenvalue weighted by Gasteiger charge is 2.30. The summed E-state index contributed by atoms with van der Waals surface area (Å²) in [7, 11) is 0. The molecule has 1 atom stereocenters. The van der Waals surface area contributed by atoms with Crippen LogP contribution in [0, 0.1) is 6.92 Å². The van der Waals surface area contributed by atoms with Gasteiger partial charge in [0.05, 0.1) is 5.69 Å². The fourth-order valence-corrected chi connectivity index (χ4v) is 4.79. The smallest absolute Gasteiger partial charge is 0.407 e. The van der Waals surface area contributed by atoms with Gasteiger partial charge in [-0.2, -0.15) is 0 Å². The lowest BCUT2D eigenvalue weighted by atomic mass is 9.98. The number of benzene rings is 3. The van der Waals surface area contributed by atoms with Gasteiger partial charge in [-0.3, -0.25) is 0 Å². The number of alkyl carbamates (subject to hydrolysis) is 1. The molecule has 1 aliphatic rings. The summed E-state index contributed by atoms with van der Waals surface area (Å²) in [5, 5.41) is 12.3. The molecule has 2 N–H and O–H groups in total. The van der Waals surface area contributed by atoms with Crippen LogP contribution in [0.3, 0.4) is 0 Å². The molecule has 5 rings (SSSR count). The third-order valence-electron chi connectivity index (χ3n) is 6.55. The van der Waals surface area contributed by atoms with E-state index in [2.05, 4.69) is 27.4 Å². The number of carboxylic acids is 1. The van der Waals surface area contributed by atoms with E-state index in [1.807, 2.05) is 67.6 Å². The first kappa shape index (κ1) is 23.2. The number of carbonyl (C=O) groups excluding carboxylic acids is 1. The van der Waals surface area contributed by atoms with Gasteiger partial charge in [-0.25, -0.2) is 19.6 Å². The zero-order chi connectivity index (χ0) is 25.1. The second kappa shape index (κ2) is 10.00. The van der Waals surface area contributed by atoms with Crippen molar-refractivity contribution in [2.45, 2.75) is 25.3 Å². The van der Waals surface area contributed by atoms with Crippen LogP contribution in [0.4, 0.5) is 4.79 Å². The molecule has 0 bridgehead atoms. The molecule has 7 heteroatoms. The molecule has 0 fully saturated rings. The molecule has 0 radical (unpaired) electrons. The van der Waals surface area contributed by atoms with Crippen molar-refractivity contribution in [2.24, 2.45) is 0 Å². The number of carboxylic acid groups (broad SMARTS) is 1. The minimum absolute atomic E-state index is 0.0179. The number of carbonyl (C=O) groups is 2. The molecule has 1 unspecified atom stereocenters. The molecule has 0 aliphatic heterocycles. The summed E-state index contributed by atoms with van der Waals surface area (Å²) in [5.41, 5.74) is 7.59. The summed E-state index contributed by atoms with van der Waals surface area (Å²) in [5.74, 6) is -1.27. The van der Waals surface area contributed by atoms with Crippen molar-refractivity contribution >= 4 is 12.1 Å². The monoisotopic (exact) mass is 479 g/mol. The van der Waals surface area contributed by atoms with Crippen LogP contribution in [0.25, 0.3) is 22.4 Å². The van der Waals surface area contributed by atoms with Gasteiger partial charge in [-0.1, -0.05) is 72.8 Å². The van der Waals surface area contributed by atoms with Crippen molar-refractivity contribution in [3.05, 3.63) is 108 Å². The number of aliphatic carboxylic acids is 1. The number of amides is 1. The first-order chi connectivity index (χ1) is 17.5. The van der Waals surface area contributed by atoms with Crippen molar-refractivity contribution in [3.63, 3.8) is 0 Å². The number of fused-ring (bicyclic) bond motifs is 3. The highest BCUT2D eigenvalue weighted by atomic mass is 16.5. The topological polar surface area (TPSA) is 101 Å². The highest BCUT2D eigenvalue weighted by Crippen LogP contribution is 2.44. The van der Waals surface area contributed by atoms with E-state index in [0.717, 1.165) is 33.4 Å². The van der Waals surface area contributed by atoms with E-state index >= 15 is 0 Å². The van der Waals surface area contributed by atoms with Crippen LogP contribution in [0.2, 0.25) is 0 Å². The Balaban J connectivity index is 1.30. The van der Waals surface area contributed by atoms with Crippen LogP contribution in [0.15, 0.2) is 85.3 Å². The van der Waals surface area contributed by atoms with Crippen molar-refractivity contribution in [2.75, 3.05) is 6.61 Å². The minimum atomic E-state index is -1.20. The molecule has 1 aromatic heterocycles. The van der Waals surface area contributed by atoms with E-state index in [1.54, 1.807) is 6.20 Å². The Hall–Kier alpha value is -4.52. The van der Waals surface area contributed by atoms with Crippen LogP contribution < -0.4 is 5.32 Å². The molecule has 1 amide bonds. The summed E-state index contributed by atoms with van der Waals surface area (Å²) in [6, 6.07) is 22.6. The Morgan fingerprint density at radius 3 is 2.19 bits per heavy atom. The third-order valence-corrected chi connectivity index (χ3v) is 6.55. The molecule has 1 aliphatic carbocycles. The zero-order valence-corrected chi connectivity index (χ0v) is 19.7. The Kier molecular flexibility index (Phi) is 6.45. The molecule has 36 heavy (non-hydrogen) atoms. The Labute approximate surface area is 208 Å². The predicted octanol–water partition coefficient (Wildman–Crippen LogP) is 4.99. The molecular formula is C29H25N3O4. The summed E-state index contributed by atoms with van der Waals surface area (Å²) in [6.45, 7) is 2.07. The van der Waals surface area contributed by atoms with Gasteiger partial charge >= 0.3 is 12.1 Å². The van der Waals surface area contributed by atoms with Crippen LogP contribution in [0.5, 0.6) is 0 Å². The van der Waals surface area contributed by atoms with E-state index in [0.29, 0.717) is 11.3 Å². The van der Waals surface area contributed by atoms with Crippen molar-refractivity contribution in [1.82, 2.24) is 15.3 Å². The van der Waals surface area contributed by atoms with Crippen LogP contribution in [-0.2, 0) is 16.0 Å². The molecule has 180 valence electrons. The van der Waals surface area contributed by atoms with Gasteiger partial charge in [0.2, 0.25) is 0 Å². The molecule has 3 aromatic carbocycles. The number of ether oxygens (including phenoxy) is 1. The van der Waals surface area contributed by atoms with Gasteiger partial charge in [0.1, 0.15) is 19.0 Å². The standard InChI is InChI=1S/C29H25N3O4/c1-18-8-2-3-9-20(18)27-19(15-30-17-31-27)14-26(28(33)34)32-29(35)36-16-25-23-12-6-4-10-21(23)22-11-5-7-13-24(22)25/h2-13,15,17,25-26H,14,16H2,1H3,(H,32,35)(H,33,34). The lowest BCUT2D eigenvalue weighted by Crippen LogP contribution is -2.43. The minimum Gasteiger partial charge on any atom is -0.480 e. The first-order valence-electron chi connectivity index (χ1n) is 11.7. The lowest BCUT2D eigenvalue weighted by molar-refractivity contribution is -0.139. The SMILES string of the molecule is Cc1ccccc1-c1ncncc1CC(NC(=O)OCC1c2ccccc2-c2ccccc21)C(=O)O. The maximum absolute atomic E-state index is 12.7. The Bertz CT molecular complexity index is 1390. The number of rotatable bonds is 7.